The normalized spacial score (nSPS) is 11.6. The van der Waals surface area contributed by atoms with Crippen molar-refractivity contribution in [3.8, 4) is 6.07 Å². The quantitative estimate of drug-likeness (QED) is 0.620. The Kier molecular flexibility index (Phi) is 5.24. The van der Waals surface area contributed by atoms with E-state index in [1.807, 2.05) is 26.0 Å². The number of ketones is 1. The van der Waals surface area contributed by atoms with Crippen molar-refractivity contribution in [1.82, 2.24) is 4.98 Å². The van der Waals surface area contributed by atoms with Crippen LogP contribution in [0.5, 0.6) is 0 Å². The zero-order valence-corrected chi connectivity index (χ0v) is 13.9. The topological polar surface area (TPSA) is 80.0 Å². The first-order valence-electron chi connectivity index (χ1n) is 7.12. The van der Waals surface area contributed by atoms with Gasteiger partial charge in [0, 0.05) is 10.9 Å². The van der Waals surface area contributed by atoms with E-state index in [0.717, 1.165) is 22.5 Å². The minimum atomic E-state index is -1.02. The van der Waals surface area contributed by atoms with E-state index in [0.29, 0.717) is 10.6 Å². The summed E-state index contributed by atoms with van der Waals surface area (Å²) in [6, 6.07) is 7.40. The van der Waals surface area contributed by atoms with Crippen LogP contribution in [-0.2, 0) is 4.74 Å². The second-order valence-corrected chi connectivity index (χ2v) is 5.85. The van der Waals surface area contributed by atoms with E-state index in [-0.39, 0.29) is 18.1 Å². The smallest absolute Gasteiger partial charge is 0.357 e. The predicted molar refractivity (Wildman–Crippen MR) is 86.7 cm³/mol. The number of aromatic nitrogens is 1. The Bertz CT molecular complexity index is 789. The van der Waals surface area contributed by atoms with E-state index in [9.17, 15) is 14.9 Å². The Morgan fingerprint density at radius 1 is 1.39 bits per heavy atom. The van der Waals surface area contributed by atoms with Gasteiger partial charge in [0.15, 0.2) is 17.4 Å². The molecule has 0 aliphatic rings. The van der Waals surface area contributed by atoms with Gasteiger partial charge in [-0.1, -0.05) is 18.2 Å². The average molecular weight is 328 g/mol. The highest BCUT2D eigenvalue weighted by Crippen LogP contribution is 2.26. The minimum Gasteiger partial charge on any atom is -0.461 e. The van der Waals surface area contributed by atoms with Crippen LogP contribution in [0.25, 0.3) is 0 Å². The molecule has 0 N–H and O–H groups in total. The van der Waals surface area contributed by atoms with Crippen molar-refractivity contribution in [2.75, 3.05) is 6.61 Å². The second-order valence-electron chi connectivity index (χ2n) is 4.97. The minimum absolute atomic E-state index is 0.126. The molecule has 6 heteroatoms. The molecule has 1 aromatic carbocycles. The van der Waals surface area contributed by atoms with Crippen LogP contribution in [0.3, 0.4) is 0 Å². The van der Waals surface area contributed by atoms with Crippen molar-refractivity contribution < 1.29 is 14.3 Å². The number of nitrogens with zero attached hydrogens (tertiary/aromatic N) is 2. The third kappa shape index (κ3) is 3.46. The van der Waals surface area contributed by atoms with Crippen molar-refractivity contribution >= 4 is 23.1 Å². The van der Waals surface area contributed by atoms with Crippen LogP contribution in [0, 0.1) is 25.2 Å². The van der Waals surface area contributed by atoms with E-state index in [1.54, 1.807) is 19.1 Å². The molecule has 0 radical (unpaired) electrons. The number of rotatable bonds is 5. The van der Waals surface area contributed by atoms with Gasteiger partial charge in [0.2, 0.25) is 0 Å². The number of carbonyl (C=O) groups is 2. The van der Waals surface area contributed by atoms with Crippen LogP contribution in [0.4, 0.5) is 0 Å². The Labute approximate surface area is 138 Å². The van der Waals surface area contributed by atoms with Crippen LogP contribution in [0.1, 0.15) is 49.8 Å². The molecule has 0 amide bonds. The molecule has 0 saturated heterocycles. The van der Waals surface area contributed by atoms with Gasteiger partial charge >= 0.3 is 5.97 Å². The molecule has 0 aliphatic carbocycles. The summed E-state index contributed by atoms with van der Waals surface area (Å²) in [5.41, 5.74) is 2.46. The second kappa shape index (κ2) is 7.16. The van der Waals surface area contributed by atoms with Crippen molar-refractivity contribution in [3.63, 3.8) is 0 Å². The molecule has 0 fully saturated rings. The van der Waals surface area contributed by atoms with Gasteiger partial charge in [-0.15, -0.1) is 11.3 Å². The third-order valence-corrected chi connectivity index (χ3v) is 4.42. The van der Waals surface area contributed by atoms with Crippen molar-refractivity contribution in [1.29, 1.82) is 5.26 Å². The van der Waals surface area contributed by atoms with Gasteiger partial charge in [0.05, 0.1) is 12.7 Å². The molecule has 0 spiro atoms. The van der Waals surface area contributed by atoms with E-state index < -0.39 is 11.9 Å². The molecular formula is C17H16N2O3S. The van der Waals surface area contributed by atoms with Crippen LogP contribution in [0.2, 0.25) is 0 Å². The lowest BCUT2D eigenvalue weighted by Crippen LogP contribution is -2.14. The lowest BCUT2D eigenvalue weighted by Gasteiger charge is -2.10. The van der Waals surface area contributed by atoms with Gasteiger partial charge in [0.25, 0.3) is 0 Å². The maximum Gasteiger partial charge on any atom is 0.357 e. The summed E-state index contributed by atoms with van der Waals surface area (Å²) in [6.07, 6.45) is 0. The summed E-state index contributed by atoms with van der Waals surface area (Å²) >= 11 is 1.11. The van der Waals surface area contributed by atoms with Crippen molar-refractivity contribution in [3.05, 3.63) is 51.0 Å². The van der Waals surface area contributed by atoms with Gasteiger partial charge in [0.1, 0.15) is 5.01 Å². The lowest BCUT2D eigenvalue weighted by molar-refractivity contribution is 0.0519. The van der Waals surface area contributed by atoms with Crippen LogP contribution in [0.15, 0.2) is 23.6 Å². The number of hydrogen-bond acceptors (Lipinski definition) is 6. The molecular weight excluding hydrogens is 312 g/mol. The largest absolute Gasteiger partial charge is 0.461 e. The van der Waals surface area contributed by atoms with Gasteiger partial charge in [-0.05, 0) is 31.9 Å². The van der Waals surface area contributed by atoms with E-state index in [1.165, 1.54) is 5.38 Å². The molecule has 1 heterocycles. The summed E-state index contributed by atoms with van der Waals surface area (Å²) in [5.74, 6) is -1.88. The number of hydrogen-bond donors (Lipinski definition) is 0. The van der Waals surface area contributed by atoms with Gasteiger partial charge < -0.3 is 4.74 Å². The maximum atomic E-state index is 12.7. The summed E-state index contributed by atoms with van der Waals surface area (Å²) in [4.78, 5) is 28.4. The Morgan fingerprint density at radius 2 is 2.13 bits per heavy atom. The van der Waals surface area contributed by atoms with Crippen LogP contribution < -0.4 is 0 Å². The molecule has 0 unspecified atom stereocenters. The molecule has 5 nitrogen and oxygen atoms in total. The van der Waals surface area contributed by atoms with E-state index in [2.05, 4.69) is 4.98 Å². The molecule has 118 valence electrons. The van der Waals surface area contributed by atoms with Crippen LogP contribution >= 0.6 is 11.3 Å². The molecule has 23 heavy (non-hydrogen) atoms. The van der Waals surface area contributed by atoms with E-state index >= 15 is 0 Å². The first-order chi connectivity index (χ1) is 11.0. The molecule has 1 atom stereocenters. The van der Waals surface area contributed by atoms with Crippen LogP contribution in [-0.4, -0.2) is 23.3 Å². The van der Waals surface area contributed by atoms with Crippen molar-refractivity contribution in [2.45, 2.75) is 26.7 Å². The summed E-state index contributed by atoms with van der Waals surface area (Å²) < 4.78 is 4.87. The summed E-state index contributed by atoms with van der Waals surface area (Å²) in [5, 5.41) is 11.2. The zero-order chi connectivity index (χ0) is 17.0. The number of esters is 1. The zero-order valence-electron chi connectivity index (χ0n) is 13.1. The number of Topliss-reactive ketones (excluding diaryl/α,β-unsaturated/α-hetero) is 1. The van der Waals surface area contributed by atoms with Gasteiger partial charge in [-0.25, -0.2) is 9.78 Å². The molecule has 2 aromatic rings. The predicted octanol–water partition coefficient (Wildman–Crippen LogP) is 3.43. The SMILES string of the molecule is CCOC(=O)c1csc([C@H](C#N)C(=O)c2cccc(C)c2C)n1. The first-order valence-corrected chi connectivity index (χ1v) is 8.00. The third-order valence-electron chi connectivity index (χ3n) is 3.51. The number of aryl methyl sites for hydroxylation is 1. The molecule has 0 saturated carbocycles. The number of ether oxygens (including phenoxy) is 1. The number of thiazole rings is 1. The fourth-order valence-corrected chi connectivity index (χ4v) is 2.95. The molecule has 2 rings (SSSR count). The van der Waals surface area contributed by atoms with Gasteiger partial charge in [-0.2, -0.15) is 5.26 Å². The summed E-state index contributed by atoms with van der Waals surface area (Å²) in [6.45, 7) is 5.71. The highest BCUT2D eigenvalue weighted by atomic mass is 32.1. The standard InChI is InChI=1S/C17H16N2O3S/c1-4-22-17(21)14-9-23-16(19-14)13(8-18)15(20)12-7-5-6-10(2)11(12)3/h5-7,9,13H,4H2,1-3H3/t13-/m1/s1. The highest BCUT2D eigenvalue weighted by Gasteiger charge is 2.27. The number of benzene rings is 1. The molecule has 0 aliphatic heterocycles. The Morgan fingerprint density at radius 3 is 2.78 bits per heavy atom. The highest BCUT2D eigenvalue weighted by molar-refractivity contribution is 7.10. The molecule has 1 aromatic heterocycles. The fourth-order valence-electron chi connectivity index (χ4n) is 2.12. The fraction of sp³-hybridized carbons (Fsp3) is 0.294. The average Bonchev–Trinajstić information content (AvgIpc) is 3.00. The Balaban J connectivity index is 2.33. The van der Waals surface area contributed by atoms with E-state index in [4.69, 9.17) is 4.74 Å². The number of carbonyl (C=O) groups excluding carboxylic acids is 2. The monoisotopic (exact) mass is 328 g/mol. The van der Waals surface area contributed by atoms with Crippen molar-refractivity contribution in [2.24, 2.45) is 0 Å². The summed E-state index contributed by atoms with van der Waals surface area (Å²) in [7, 11) is 0. The Hall–Kier alpha value is -2.52. The first kappa shape index (κ1) is 16.8. The maximum absolute atomic E-state index is 12.7. The lowest BCUT2D eigenvalue weighted by atomic mass is 9.93. The van der Waals surface area contributed by atoms with Gasteiger partial charge in [-0.3, -0.25) is 4.79 Å². The molecule has 0 bridgehead atoms. The number of nitriles is 1.